The fourth-order valence-corrected chi connectivity index (χ4v) is 1.04. The molecule has 0 atom stereocenters. The molecular weight excluding hydrogens is 146 g/mol. The summed E-state index contributed by atoms with van der Waals surface area (Å²) >= 11 is 0. The van der Waals surface area contributed by atoms with E-state index in [9.17, 15) is 0 Å². The SMILES string of the molecule is CCCCNCCCC=C(C)C. The van der Waals surface area contributed by atoms with Gasteiger partial charge in [0.1, 0.15) is 0 Å². The fraction of sp³-hybridized carbons (Fsp3) is 0.818. The van der Waals surface area contributed by atoms with Crippen LogP contribution < -0.4 is 5.32 Å². The summed E-state index contributed by atoms with van der Waals surface area (Å²) in [6.45, 7) is 8.90. The van der Waals surface area contributed by atoms with Crippen molar-refractivity contribution in [2.75, 3.05) is 13.1 Å². The maximum absolute atomic E-state index is 3.43. The molecule has 0 fully saturated rings. The molecule has 0 bridgehead atoms. The van der Waals surface area contributed by atoms with Gasteiger partial charge in [-0.15, -0.1) is 0 Å². The molecule has 0 amide bonds. The van der Waals surface area contributed by atoms with Crippen molar-refractivity contribution in [2.24, 2.45) is 0 Å². The molecule has 0 aromatic carbocycles. The fourth-order valence-electron chi connectivity index (χ4n) is 1.04. The van der Waals surface area contributed by atoms with Crippen LogP contribution in [0.15, 0.2) is 11.6 Å². The zero-order valence-corrected chi connectivity index (χ0v) is 8.82. The van der Waals surface area contributed by atoms with Crippen LogP contribution >= 0.6 is 0 Å². The molecule has 0 aromatic rings. The van der Waals surface area contributed by atoms with Crippen LogP contribution in [0.5, 0.6) is 0 Å². The Hall–Kier alpha value is -0.300. The molecule has 0 aromatic heterocycles. The zero-order chi connectivity index (χ0) is 9.23. The molecule has 0 heterocycles. The lowest BCUT2D eigenvalue weighted by molar-refractivity contribution is 0.620. The van der Waals surface area contributed by atoms with E-state index in [-0.39, 0.29) is 0 Å². The van der Waals surface area contributed by atoms with Gasteiger partial charge in [0.2, 0.25) is 0 Å². The van der Waals surface area contributed by atoms with Gasteiger partial charge in [0.05, 0.1) is 0 Å². The van der Waals surface area contributed by atoms with E-state index in [0.29, 0.717) is 0 Å². The summed E-state index contributed by atoms with van der Waals surface area (Å²) < 4.78 is 0. The molecule has 72 valence electrons. The second-order valence-electron chi connectivity index (χ2n) is 3.53. The summed E-state index contributed by atoms with van der Waals surface area (Å²) in [6.07, 6.45) is 7.40. The van der Waals surface area contributed by atoms with E-state index in [2.05, 4.69) is 32.2 Å². The minimum Gasteiger partial charge on any atom is -0.317 e. The lowest BCUT2D eigenvalue weighted by atomic mass is 10.2. The Morgan fingerprint density at radius 3 is 2.42 bits per heavy atom. The van der Waals surface area contributed by atoms with Crippen molar-refractivity contribution in [3.8, 4) is 0 Å². The van der Waals surface area contributed by atoms with Gasteiger partial charge in [-0.05, 0) is 46.2 Å². The van der Waals surface area contributed by atoms with Gasteiger partial charge in [-0.1, -0.05) is 25.0 Å². The summed E-state index contributed by atoms with van der Waals surface area (Å²) in [5.74, 6) is 0. The molecule has 1 N–H and O–H groups in total. The van der Waals surface area contributed by atoms with Crippen LogP contribution in [0.3, 0.4) is 0 Å². The molecule has 0 aliphatic carbocycles. The van der Waals surface area contributed by atoms with E-state index in [1.807, 2.05) is 0 Å². The third-order valence-corrected chi connectivity index (χ3v) is 1.82. The Morgan fingerprint density at radius 1 is 1.17 bits per heavy atom. The van der Waals surface area contributed by atoms with Gasteiger partial charge in [0, 0.05) is 0 Å². The highest BCUT2D eigenvalue weighted by Crippen LogP contribution is 1.95. The molecule has 0 rings (SSSR count). The van der Waals surface area contributed by atoms with Gasteiger partial charge in [-0.3, -0.25) is 0 Å². The highest BCUT2D eigenvalue weighted by atomic mass is 14.8. The first-order valence-electron chi connectivity index (χ1n) is 5.11. The molecule has 0 spiro atoms. The van der Waals surface area contributed by atoms with Crippen molar-refractivity contribution in [1.29, 1.82) is 0 Å². The van der Waals surface area contributed by atoms with E-state index < -0.39 is 0 Å². The predicted octanol–water partition coefficient (Wildman–Crippen LogP) is 3.12. The van der Waals surface area contributed by atoms with Crippen LogP contribution in [0.2, 0.25) is 0 Å². The number of hydrogen-bond donors (Lipinski definition) is 1. The van der Waals surface area contributed by atoms with E-state index in [1.54, 1.807) is 0 Å². The molecular formula is C11H23N. The summed E-state index contributed by atoms with van der Waals surface area (Å²) in [4.78, 5) is 0. The quantitative estimate of drug-likeness (QED) is 0.456. The Labute approximate surface area is 77.2 Å². The second-order valence-corrected chi connectivity index (χ2v) is 3.53. The molecule has 0 unspecified atom stereocenters. The van der Waals surface area contributed by atoms with Crippen LogP contribution in [-0.2, 0) is 0 Å². The Balaban J connectivity index is 2.96. The Morgan fingerprint density at radius 2 is 1.83 bits per heavy atom. The minimum atomic E-state index is 1.17. The largest absolute Gasteiger partial charge is 0.317 e. The first kappa shape index (κ1) is 11.7. The summed E-state index contributed by atoms with van der Waals surface area (Å²) in [5, 5.41) is 3.43. The number of rotatable bonds is 7. The highest BCUT2D eigenvalue weighted by Gasteiger charge is 1.86. The number of unbranched alkanes of at least 4 members (excludes halogenated alkanes) is 2. The van der Waals surface area contributed by atoms with E-state index in [0.717, 1.165) is 0 Å². The molecule has 12 heavy (non-hydrogen) atoms. The second kappa shape index (κ2) is 8.79. The zero-order valence-electron chi connectivity index (χ0n) is 8.82. The number of nitrogens with one attached hydrogen (secondary N) is 1. The highest BCUT2D eigenvalue weighted by molar-refractivity contribution is 4.92. The smallest absolute Gasteiger partial charge is 0.00460 e. The van der Waals surface area contributed by atoms with E-state index in [4.69, 9.17) is 0 Å². The molecule has 0 aliphatic rings. The normalized spacial score (nSPS) is 9.92. The standard InChI is InChI=1S/C11H23N/c1-4-5-9-12-10-7-6-8-11(2)3/h8,12H,4-7,9-10H2,1-3H3. The van der Waals surface area contributed by atoms with Crippen LogP contribution in [0.25, 0.3) is 0 Å². The molecule has 0 radical (unpaired) electrons. The van der Waals surface area contributed by atoms with Gasteiger partial charge >= 0.3 is 0 Å². The van der Waals surface area contributed by atoms with Crippen LogP contribution in [-0.4, -0.2) is 13.1 Å². The van der Waals surface area contributed by atoms with Crippen LogP contribution in [0.4, 0.5) is 0 Å². The van der Waals surface area contributed by atoms with Gasteiger partial charge in [-0.2, -0.15) is 0 Å². The average Bonchev–Trinajstić information content (AvgIpc) is 2.02. The number of allylic oxidation sites excluding steroid dienone is 2. The third-order valence-electron chi connectivity index (χ3n) is 1.82. The van der Waals surface area contributed by atoms with Crippen molar-refractivity contribution in [2.45, 2.75) is 46.5 Å². The number of hydrogen-bond acceptors (Lipinski definition) is 1. The molecule has 0 saturated heterocycles. The first-order valence-corrected chi connectivity index (χ1v) is 5.11. The van der Waals surface area contributed by atoms with Gasteiger partial charge in [0.15, 0.2) is 0 Å². The lowest BCUT2D eigenvalue weighted by Gasteiger charge is -2.01. The van der Waals surface area contributed by atoms with Crippen molar-refractivity contribution in [1.82, 2.24) is 5.32 Å². The Bertz CT molecular complexity index is 112. The molecule has 1 nitrogen and oxygen atoms in total. The Kier molecular flexibility index (Phi) is 8.57. The van der Waals surface area contributed by atoms with Crippen molar-refractivity contribution in [3.05, 3.63) is 11.6 Å². The van der Waals surface area contributed by atoms with Crippen molar-refractivity contribution < 1.29 is 0 Å². The van der Waals surface area contributed by atoms with Gasteiger partial charge in [-0.25, -0.2) is 0 Å². The lowest BCUT2D eigenvalue weighted by Crippen LogP contribution is -2.16. The van der Waals surface area contributed by atoms with Gasteiger partial charge in [0.25, 0.3) is 0 Å². The van der Waals surface area contributed by atoms with E-state index in [1.165, 1.54) is 44.3 Å². The summed E-state index contributed by atoms with van der Waals surface area (Å²) in [7, 11) is 0. The van der Waals surface area contributed by atoms with E-state index >= 15 is 0 Å². The summed E-state index contributed by atoms with van der Waals surface area (Å²) in [6, 6.07) is 0. The van der Waals surface area contributed by atoms with Crippen molar-refractivity contribution in [3.63, 3.8) is 0 Å². The topological polar surface area (TPSA) is 12.0 Å². The predicted molar refractivity (Wildman–Crippen MR) is 56.4 cm³/mol. The minimum absolute atomic E-state index is 1.17. The maximum atomic E-state index is 3.43. The van der Waals surface area contributed by atoms with Crippen LogP contribution in [0, 0.1) is 0 Å². The average molecular weight is 169 g/mol. The summed E-state index contributed by atoms with van der Waals surface area (Å²) in [5.41, 5.74) is 1.43. The molecule has 0 aliphatic heterocycles. The first-order chi connectivity index (χ1) is 5.77. The monoisotopic (exact) mass is 169 g/mol. The maximum Gasteiger partial charge on any atom is -0.00460 e. The molecule has 0 saturated carbocycles. The van der Waals surface area contributed by atoms with Crippen LogP contribution in [0.1, 0.15) is 46.5 Å². The van der Waals surface area contributed by atoms with Gasteiger partial charge < -0.3 is 5.32 Å². The third kappa shape index (κ3) is 9.70. The molecule has 1 heteroatoms. The van der Waals surface area contributed by atoms with Crippen molar-refractivity contribution >= 4 is 0 Å².